The van der Waals surface area contributed by atoms with Crippen LogP contribution in [0.15, 0.2) is 0 Å². The molecule has 1 unspecified atom stereocenters. The number of nitrogens with zero attached hydrogens (tertiary/aromatic N) is 1. The van der Waals surface area contributed by atoms with Crippen molar-refractivity contribution in [3.05, 3.63) is 0 Å². The van der Waals surface area contributed by atoms with Crippen molar-refractivity contribution in [2.75, 3.05) is 32.8 Å². The van der Waals surface area contributed by atoms with Crippen molar-refractivity contribution < 1.29 is 9.84 Å². The quantitative estimate of drug-likeness (QED) is 0.691. The summed E-state index contributed by atoms with van der Waals surface area (Å²) in [6.07, 6.45) is 0.299. The number of hydrogen-bond acceptors (Lipinski definition) is 3. The Kier molecular flexibility index (Phi) is 3.71. The lowest BCUT2D eigenvalue weighted by Crippen LogP contribution is -2.48. The van der Waals surface area contributed by atoms with E-state index in [1.54, 1.807) is 0 Å². The molecule has 0 aromatic carbocycles. The average Bonchev–Trinajstić information content (AvgIpc) is 2.04. The van der Waals surface area contributed by atoms with Crippen molar-refractivity contribution in [1.29, 1.82) is 0 Å². The first-order valence-corrected chi connectivity index (χ1v) is 4.99. The van der Waals surface area contributed by atoms with E-state index in [1.807, 2.05) is 0 Å². The van der Waals surface area contributed by atoms with Gasteiger partial charge in [0.05, 0.1) is 19.3 Å². The van der Waals surface area contributed by atoms with Crippen molar-refractivity contribution >= 4 is 0 Å². The summed E-state index contributed by atoms with van der Waals surface area (Å²) in [6, 6.07) is 0. The third-order valence-electron chi connectivity index (χ3n) is 2.53. The third-order valence-corrected chi connectivity index (χ3v) is 2.53. The molecule has 3 heteroatoms. The Morgan fingerprint density at radius 2 is 2.15 bits per heavy atom. The van der Waals surface area contributed by atoms with Crippen LogP contribution in [-0.2, 0) is 4.74 Å². The minimum atomic E-state index is 0.203. The summed E-state index contributed by atoms with van der Waals surface area (Å²) in [5, 5.41) is 8.83. The van der Waals surface area contributed by atoms with Crippen LogP contribution in [-0.4, -0.2) is 49.0 Å². The normalized spacial score (nSPS) is 26.3. The molecule has 1 N–H and O–H groups in total. The standard InChI is InChI=1S/C10H21NO2/c1-10(2,3)9-8-11(4-6-12)5-7-13-9/h9,12H,4-8H2,1-3H3. The van der Waals surface area contributed by atoms with Crippen LogP contribution >= 0.6 is 0 Å². The number of aliphatic hydroxyl groups is 1. The van der Waals surface area contributed by atoms with Crippen molar-refractivity contribution in [2.45, 2.75) is 26.9 Å². The van der Waals surface area contributed by atoms with E-state index in [0.29, 0.717) is 6.10 Å². The van der Waals surface area contributed by atoms with E-state index in [4.69, 9.17) is 9.84 Å². The molecule has 0 spiro atoms. The molecule has 1 heterocycles. The van der Waals surface area contributed by atoms with Gasteiger partial charge in [-0.15, -0.1) is 0 Å². The number of hydrogen-bond donors (Lipinski definition) is 1. The SMILES string of the molecule is CC(C)(C)C1CN(CCO)CCO1. The highest BCUT2D eigenvalue weighted by Gasteiger charge is 2.30. The van der Waals surface area contributed by atoms with Gasteiger partial charge >= 0.3 is 0 Å². The van der Waals surface area contributed by atoms with Crippen LogP contribution in [0.3, 0.4) is 0 Å². The average molecular weight is 187 g/mol. The predicted octanol–water partition coefficient (Wildman–Crippen LogP) is 0.726. The van der Waals surface area contributed by atoms with Crippen molar-refractivity contribution in [3.8, 4) is 0 Å². The van der Waals surface area contributed by atoms with Crippen LogP contribution in [0.4, 0.5) is 0 Å². The van der Waals surface area contributed by atoms with Gasteiger partial charge in [-0.05, 0) is 5.41 Å². The zero-order valence-electron chi connectivity index (χ0n) is 8.92. The zero-order chi connectivity index (χ0) is 9.90. The second kappa shape index (κ2) is 4.40. The second-order valence-corrected chi connectivity index (χ2v) is 4.75. The Labute approximate surface area is 80.7 Å². The highest BCUT2D eigenvalue weighted by molar-refractivity contribution is 4.81. The zero-order valence-corrected chi connectivity index (χ0v) is 8.92. The molecule has 1 aliphatic heterocycles. The Morgan fingerprint density at radius 1 is 1.46 bits per heavy atom. The van der Waals surface area contributed by atoms with Gasteiger partial charge in [-0.1, -0.05) is 20.8 Å². The van der Waals surface area contributed by atoms with Crippen LogP contribution in [0.5, 0.6) is 0 Å². The minimum Gasteiger partial charge on any atom is -0.395 e. The molecule has 1 fully saturated rings. The first-order chi connectivity index (χ1) is 6.04. The molecule has 3 nitrogen and oxygen atoms in total. The molecule has 0 bridgehead atoms. The summed E-state index contributed by atoms with van der Waals surface area (Å²) in [7, 11) is 0. The third kappa shape index (κ3) is 3.25. The van der Waals surface area contributed by atoms with Gasteiger partial charge in [-0.25, -0.2) is 0 Å². The Hall–Kier alpha value is -0.120. The molecule has 1 atom stereocenters. The summed E-state index contributed by atoms with van der Waals surface area (Å²) in [5.74, 6) is 0. The van der Waals surface area contributed by atoms with Gasteiger partial charge in [0, 0.05) is 19.6 Å². The highest BCUT2D eigenvalue weighted by Crippen LogP contribution is 2.24. The molecule has 0 amide bonds. The fourth-order valence-corrected chi connectivity index (χ4v) is 1.57. The monoisotopic (exact) mass is 187 g/mol. The predicted molar refractivity (Wildman–Crippen MR) is 52.7 cm³/mol. The topological polar surface area (TPSA) is 32.7 Å². The first-order valence-electron chi connectivity index (χ1n) is 4.99. The van der Waals surface area contributed by atoms with Gasteiger partial charge in [0.2, 0.25) is 0 Å². The van der Waals surface area contributed by atoms with E-state index in [2.05, 4.69) is 25.7 Å². The summed E-state index contributed by atoms with van der Waals surface area (Å²) in [6.45, 7) is 10.3. The van der Waals surface area contributed by atoms with Crippen molar-refractivity contribution in [2.24, 2.45) is 5.41 Å². The minimum absolute atomic E-state index is 0.203. The van der Waals surface area contributed by atoms with Crippen LogP contribution in [0.2, 0.25) is 0 Å². The molecule has 0 aromatic rings. The number of β-amino-alcohol motifs (C(OH)–C–C–N with tert-alkyl or cyclic N) is 1. The Balaban J connectivity index is 2.42. The smallest absolute Gasteiger partial charge is 0.0750 e. The van der Waals surface area contributed by atoms with E-state index >= 15 is 0 Å². The van der Waals surface area contributed by atoms with E-state index in [9.17, 15) is 0 Å². The molecule has 1 aliphatic rings. The summed E-state index contributed by atoms with van der Waals surface area (Å²) in [4.78, 5) is 2.26. The van der Waals surface area contributed by atoms with E-state index in [0.717, 1.165) is 26.2 Å². The molecule has 0 radical (unpaired) electrons. The maximum absolute atomic E-state index is 8.83. The lowest BCUT2D eigenvalue weighted by molar-refractivity contribution is -0.0815. The number of aliphatic hydroxyl groups excluding tert-OH is 1. The molecule has 1 rings (SSSR count). The lowest BCUT2D eigenvalue weighted by Gasteiger charge is -2.39. The van der Waals surface area contributed by atoms with Gasteiger partial charge in [-0.2, -0.15) is 0 Å². The van der Waals surface area contributed by atoms with Gasteiger partial charge in [0.15, 0.2) is 0 Å². The fraction of sp³-hybridized carbons (Fsp3) is 1.00. The van der Waals surface area contributed by atoms with E-state index in [1.165, 1.54) is 0 Å². The van der Waals surface area contributed by atoms with Crippen molar-refractivity contribution in [3.63, 3.8) is 0 Å². The maximum Gasteiger partial charge on any atom is 0.0750 e. The molecule has 0 aromatic heterocycles. The summed E-state index contributed by atoms with van der Waals surface area (Å²) in [5.41, 5.74) is 0.203. The molecule has 13 heavy (non-hydrogen) atoms. The van der Waals surface area contributed by atoms with Gasteiger partial charge < -0.3 is 9.84 Å². The molecule has 0 saturated carbocycles. The lowest BCUT2D eigenvalue weighted by atomic mass is 9.88. The summed E-state index contributed by atoms with van der Waals surface area (Å²) >= 11 is 0. The fourth-order valence-electron chi connectivity index (χ4n) is 1.57. The first kappa shape index (κ1) is 11.0. The van der Waals surface area contributed by atoms with Crippen molar-refractivity contribution in [1.82, 2.24) is 4.90 Å². The molecular formula is C10H21NO2. The molecule has 0 aliphatic carbocycles. The van der Waals surface area contributed by atoms with Gasteiger partial charge in [0.25, 0.3) is 0 Å². The maximum atomic E-state index is 8.83. The van der Waals surface area contributed by atoms with Crippen LogP contribution in [0.25, 0.3) is 0 Å². The van der Waals surface area contributed by atoms with Crippen LogP contribution in [0, 0.1) is 5.41 Å². The molecular weight excluding hydrogens is 166 g/mol. The number of ether oxygens (including phenoxy) is 1. The van der Waals surface area contributed by atoms with E-state index < -0.39 is 0 Å². The molecule has 78 valence electrons. The second-order valence-electron chi connectivity index (χ2n) is 4.75. The Morgan fingerprint density at radius 3 is 2.69 bits per heavy atom. The van der Waals surface area contributed by atoms with Gasteiger partial charge in [0.1, 0.15) is 0 Å². The Bertz CT molecular complexity index is 151. The van der Waals surface area contributed by atoms with Gasteiger partial charge in [-0.3, -0.25) is 4.90 Å². The highest BCUT2D eigenvalue weighted by atomic mass is 16.5. The largest absolute Gasteiger partial charge is 0.395 e. The van der Waals surface area contributed by atoms with Crippen LogP contribution in [0.1, 0.15) is 20.8 Å². The molecule has 1 saturated heterocycles. The van der Waals surface area contributed by atoms with Crippen LogP contribution < -0.4 is 0 Å². The summed E-state index contributed by atoms with van der Waals surface area (Å²) < 4.78 is 5.70. The van der Waals surface area contributed by atoms with E-state index in [-0.39, 0.29) is 12.0 Å². The number of morpholine rings is 1. The number of rotatable bonds is 2.